The predicted octanol–water partition coefficient (Wildman–Crippen LogP) is 2.67. The number of hydrogen-bond donors (Lipinski definition) is 1. The fraction of sp³-hybridized carbons (Fsp3) is 0.250. The monoisotopic (exact) mass is 348 g/mol. The number of nitrogens with two attached hydrogens (primary N) is 1. The summed E-state index contributed by atoms with van der Waals surface area (Å²) in [7, 11) is 3.53. The number of rotatable bonds is 5. The summed E-state index contributed by atoms with van der Waals surface area (Å²) in [5.74, 6) is 1.71. The molecule has 1 saturated carbocycles. The van der Waals surface area contributed by atoms with Crippen molar-refractivity contribution < 1.29 is 9.53 Å². The Morgan fingerprint density at radius 1 is 1.15 bits per heavy atom. The summed E-state index contributed by atoms with van der Waals surface area (Å²) in [6, 6.07) is 15.5. The lowest BCUT2D eigenvalue weighted by molar-refractivity contribution is 0.1000. The SMILES string of the molecule is COc1cc(C(N)=O)ccc1-c1nnc(C2(c3ccccc3)CC2)n1C. The van der Waals surface area contributed by atoms with Gasteiger partial charge in [-0.25, -0.2) is 0 Å². The van der Waals surface area contributed by atoms with E-state index in [1.165, 1.54) is 5.56 Å². The molecule has 1 heterocycles. The molecule has 3 aromatic rings. The summed E-state index contributed by atoms with van der Waals surface area (Å²) in [6.45, 7) is 0. The first-order valence-corrected chi connectivity index (χ1v) is 8.50. The highest BCUT2D eigenvalue weighted by Gasteiger charge is 2.49. The molecule has 26 heavy (non-hydrogen) atoms. The van der Waals surface area contributed by atoms with Gasteiger partial charge in [0.25, 0.3) is 0 Å². The van der Waals surface area contributed by atoms with E-state index in [9.17, 15) is 4.79 Å². The Labute approximate surface area is 151 Å². The average molecular weight is 348 g/mol. The number of amides is 1. The van der Waals surface area contributed by atoms with Gasteiger partial charge >= 0.3 is 0 Å². The largest absolute Gasteiger partial charge is 0.496 e. The van der Waals surface area contributed by atoms with Crippen molar-refractivity contribution in [2.24, 2.45) is 12.8 Å². The molecule has 132 valence electrons. The van der Waals surface area contributed by atoms with Gasteiger partial charge in [0.05, 0.1) is 18.1 Å². The van der Waals surface area contributed by atoms with E-state index < -0.39 is 5.91 Å². The van der Waals surface area contributed by atoms with Gasteiger partial charge in [-0.15, -0.1) is 10.2 Å². The van der Waals surface area contributed by atoms with E-state index in [1.54, 1.807) is 25.3 Å². The Kier molecular flexibility index (Phi) is 3.76. The minimum absolute atomic E-state index is 0.0678. The van der Waals surface area contributed by atoms with Crippen LogP contribution in [0, 0.1) is 0 Å². The Morgan fingerprint density at radius 2 is 1.88 bits per heavy atom. The van der Waals surface area contributed by atoms with Crippen molar-refractivity contribution in [3.8, 4) is 17.1 Å². The van der Waals surface area contributed by atoms with Crippen molar-refractivity contribution >= 4 is 5.91 Å². The lowest BCUT2D eigenvalue weighted by Crippen LogP contribution is -2.15. The third-order valence-corrected chi connectivity index (χ3v) is 5.11. The molecule has 0 saturated heterocycles. The number of carbonyl (C=O) groups excluding carboxylic acids is 1. The molecule has 1 aliphatic carbocycles. The predicted molar refractivity (Wildman–Crippen MR) is 98.0 cm³/mol. The Morgan fingerprint density at radius 3 is 2.50 bits per heavy atom. The molecule has 1 amide bonds. The van der Waals surface area contributed by atoms with Gasteiger partial charge in [-0.3, -0.25) is 4.79 Å². The molecular weight excluding hydrogens is 328 g/mol. The first kappa shape index (κ1) is 16.3. The third kappa shape index (κ3) is 2.45. The number of primary amides is 1. The second kappa shape index (κ2) is 5.98. The molecule has 1 fully saturated rings. The number of carbonyl (C=O) groups is 1. The molecule has 0 bridgehead atoms. The van der Waals surface area contributed by atoms with Crippen molar-refractivity contribution in [3.05, 3.63) is 65.5 Å². The van der Waals surface area contributed by atoms with Crippen molar-refractivity contribution in [1.82, 2.24) is 14.8 Å². The van der Waals surface area contributed by atoms with Gasteiger partial charge in [0, 0.05) is 12.6 Å². The van der Waals surface area contributed by atoms with Crippen molar-refractivity contribution in [2.75, 3.05) is 7.11 Å². The van der Waals surface area contributed by atoms with Crippen LogP contribution in [0.5, 0.6) is 5.75 Å². The Bertz CT molecular complexity index is 975. The van der Waals surface area contributed by atoms with Crippen LogP contribution in [-0.2, 0) is 12.5 Å². The topological polar surface area (TPSA) is 83.0 Å². The van der Waals surface area contributed by atoms with E-state index in [1.807, 2.05) is 17.7 Å². The molecule has 1 aliphatic rings. The van der Waals surface area contributed by atoms with Gasteiger partial charge in [-0.2, -0.15) is 0 Å². The van der Waals surface area contributed by atoms with E-state index in [0.29, 0.717) is 17.1 Å². The number of hydrogen-bond acceptors (Lipinski definition) is 4. The van der Waals surface area contributed by atoms with Crippen molar-refractivity contribution in [2.45, 2.75) is 18.3 Å². The van der Waals surface area contributed by atoms with Gasteiger partial charge in [-0.1, -0.05) is 30.3 Å². The third-order valence-electron chi connectivity index (χ3n) is 5.11. The molecule has 0 radical (unpaired) electrons. The fourth-order valence-electron chi connectivity index (χ4n) is 3.53. The molecule has 6 nitrogen and oxygen atoms in total. The Hall–Kier alpha value is -3.15. The van der Waals surface area contributed by atoms with Crippen LogP contribution in [0.1, 0.15) is 34.6 Å². The number of benzene rings is 2. The molecule has 2 N–H and O–H groups in total. The summed E-state index contributed by atoms with van der Waals surface area (Å²) >= 11 is 0. The van der Waals surface area contributed by atoms with E-state index in [-0.39, 0.29) is 5.41 Å². The lowest BCUT2D eigenvalue weighted by Gasteiger charge is -2.16. The van der Waals surface area contributed by atoms with E-state index in [0.717, 1.165) is 24.2 Å². The molecule has 0 aliphatic heterocycles. The lowest BCUT2D eigenvalue weighted by atomic mass is 9.95. The summed E-state index contributed by atoms with van der Waals surface area (Å²) in [4.78, 5) is 11.4. The highest BCUT2D eigenvalue weighted by Crippen LogP contribution is 2.53. The minimum atomic E-state index is -0.491. The van der Waals surface area contributed by atoms with Crippen LogP contribution < -0.4 is 10.5 Å². The highest BCUT2D eigenvalue weighted by molar-refractivity contribution is 5.94. The second-order valence-corrected chi connectivity index (χ2v) is 6.63. The zero-order chi connectivity index (χ0) is 18.3. The van der Waals surface area contributed by atoms with Crippen LogP contribution in [0.25, 0.3) is 11.4 Å². The smallest absolute Gasteiger partial charge is 0.248 e. The van der Waals surface area contributed by atoms with E-state index >= 15 is 0 Å². The highest BCUT2D eigenvalue weighted by atomic mass is 16.5. The summed E-state index contributed by atoms with van der Waals surface area (Å²) < 4.78 is 7.47. The Balaban J connectivity index is 1.79. The van der Waals surface area contributed by atoms with Crippen molar-refractivity contribution in [1.29, 1.82) is 0 Å². The molecule has 0 unspecified atom stereocenters. The molecule has 0 atom stereocenters. The zero-order valence-corrected chi connectivity index (χ0v) is 14.8. The van der Waals surface area contributed by atoms with Crippen LogP contribution in [0.15, 0.2) is 48.5 Å². The summed E-state index contributed by atoms with van der Waals surface area (Å²) in [5.41, 5.74) is 7.74. The van der Waals surface area contributed by atoms with Crippen LogP contribution in [0.3, 0.4) is 0 Å². The first-order chi connectivity index (χ1) is 12.6. The van der Waals surface area contributed by atoms with Crippen molar-refractivity contribution in [3.63, 3.8) is 0 Å². The van der Waals surface area contributed by atoms with Crippen LogP contribution in [0.2, 0.25) is 0 Å². The summed E-state index contributed by atoms with van der Waals surface area (Å²) in [6.07, 6.45) is 2.11. The van der Waals surface area contributed by atoms with Crippen LogP contribution >= 0.6 is 0 Å². The van der Waals surface area contributed by atoms with Crippen LogP contribution in [0.4, 0.5) is 0 Å². The average Bonchev–Trinajstić information content (AvgIpc) is 3.38. The van der Waals surface area contributed by atoms with Gasteiger partial charge in [0.1, 0.15) is 11.6 Å². The van der Waals surface area contributed by atoms with Gasteiger partial charge < -0.3 is 15.0 Å². The van der Waals surface area contributed by atoms with E-state index in [2.05, 4.69) is 34.5 Å². The number of aromatic nitrogens is 3. The minimum Gasteiger partial charge on any atom is -0.496 e. The quantitative estimate of drug-likeness (QED) is 0.768. The van der Waals surface area contributed by atoms with Gasteiger partial charge in [0.15, 0.2) is 5.82 Å². The molecule has 6 heteroatoms. The van der Waals surface area contributed by atoms with Gasteiger partial charge in [0.2, 0.25) is 5.91 Å². The number of nitrogens with zero attached hydrogens (tertiary/aromatic N) is 3. The molecule has 4 rings (SSSR count). The van der Waals surface area contributed by atoms with Gasteiger partial charge in [-0.05, 0) is 36.6 Å². The molecule has 0 spiro atoms. The second-order valence-electron chi connectivity index (χ2n) is 6.63. The maximum Gasteiger partial charge on any atom is 0.248 e. The summed E-state index contributed by atoms with van der Waals surface area (Å²) in [5, 5.41) is 8.92. The maximum absolute atomic E-state index is 11.4. The number of ether oxygens (including phenoxy) is 1. The molecular formula is C20H20N4O2. The van der Waals surface area contributed by atoms with Crippen LogP contribution in [-0.4, -0.2) is 27.8 Å². The number of methoxy groups -OCH3 is 1. The molecule has 2 aromatic carbocycles. The maximum atomic E-state index is 11.4. The normalized spacial score (nSPS) is 14.8. The molecule has 1 aromatic heterocycles. The van der Waals surface area contributed by atoms with E-state index in [4.69, 9.17) is 10.5 Å². The standard InChI is InChI=1S/C20H20N4O2/c1-24-18(15-9-8-13(17(21)25)12-16(15)26-2)22-23-19(24)20(10-11-20)14-6-4-3-5-7-14/h3-9,12H,10-11H2,1-2H3,(H2,21,25). The first-order valence-electron chi connectivity index (χ1n) is 8.50. The zero-order valence-electron chi connectivity index (χ0n) is 14.8. The fourth-order valence-corrected chi connectivity index (χ4v) is 3.53.